The number of quaternary nitrogens is 1. The van der Waals surface area contributed by atoms with Crippen molar-refractivity contribution in [3.63, 3.8) is 0 Å². The van der Waals surface area contributed by atoms with E-state index in [1.165, 1.54) is 5.56 Å². The van der Waals surface area contributed by atoms with E-state index in [1.54, 1.807) is 6.07 Å². The fraction of sp³-hybridized carbons (Fsp3) is 0.524. The Kier molecular flexibility index (Phi) is 12.4. The fourth-order valence-electron chi connectivity index (χ4n) is 8.00. The predicted molar refractivity (Wildman–Crippen MR) is 199 cm³/mol. The average molecular weight is 696 g/mol. The molecule has 7 N–H and O–H groups in total. The van der Waals surface area contributed by atoms with Gasteiger partial charge in [-0.05, 0) is 71.2 Å². The Bertz CT molecular complexity index is 1740. The van der Waals surface area contributed by atoms with Crippen LogP contribution in [0.4, 0.5) is 0 Å². The first-order valence-corrected chi connectivity index (χ1v) is 19.1. The van der Waals surface area contributed by atoms with Crippen LogP contribution in [-0.4, -0.2) is 52.7 Å². The number of hydrogen-bond acceptors (Lipinski definition) is 8. The maximum atomic E-state index is 13.5. The van der Waals surface area contributed by atoms with Crippen LogP contribution in [0.3, 0.4) is 0 Å². The molecule has 2 bridgehead atoms. The molecule has 2 aromatic rings. The Morgan fingerprint density at radius 3 is 2.69 bits per heavy atom. The van der Waals surface area contributed by atoms with Crippen molar-refractivity contribution in [1.29, 1.82) is 0 Å². The van der Waals surface area contributed by atoms with Gasteiger partial charge in [-0.1, -0.05) is 82.4 Å². The lowest BCUT2D eigenvalue weighted by atomic mass is 9.85. The average Bonchev–Trinajstić information content (AvgIpc) is 3.71. The van der Waals surface area contributed by atoms with Crippen molar-refractivity contribution in [2.24, 2.45) is 16.6 Å². The predicted octanol–water partition coefficient (Wildman–Crippen LogP) is 4.64. The molecule has 6 atom stereocenters. The largest absolute Gasteiger partial charge is 0.504 e. The van der Waals surface area contributed by atoms with Gasteiger partial charge in [0.25, 0.3) is 0 Å². The Balaban J connectivity index is 1.20. The van der Waals surface area contributed by atoms with Gasteiger partial charge in [-0.2, -0.15) is 0 Å². The summed E-state index contributed by atoms with van der Waals surface area (Å²) in [4.78, 5) is 19.2. The summed E-state index contributed by atoms with van der Waals surface area (Å²) >= 11 is 0. The molecule has 9 heteroatoms. The minimum Gasteiger partial charge on any atom is -0.504 e. The van der Waals surface area contributed by atoms with Gasteiger partial charge in [-0.3, -0.25) is 20.0 Å². The number of aliphatic hydroxyl groups is 2. The molecule has 4 heterocycles. The number of Topliss-reactive ketones (excluding diaryl/α,β-unsaturated/α-hetero) is 1. The summed E-state index contributed by atoms with van der Waals surface area (Å²) in [5.41, 5.74) is 14.6. The first kappa shape index (κ1) is 37.0. The van der Waals surface area contributed by atoms with Gasteiger partial charge >= 0.3 is 0 Å². The maximum absolute atomic E-state index is 13.5. The molecule has 51 heavy (non-hydrogen) atoms. The van der Waals surface area contributed by atoms with Crippen LogP contribution in [0.15, 0.2) is 58.4 Å². The van der Waals surface area contributed by atoms with Crippen LogP contribution in [0.1, 0.15) is 118 Å². The smallest absolute Gasteiger partial charge is 0.247 e. The lowest BCUT2D eigenvalue weighted by molar-refractivity contribution is -0.885. The summed E-state index contributed by atoms with van der Waals surface area (Å²) in [5.74, 6) is 6.39. The number of aromatic hydroxyl groups is 1. The minimum atomic E-state index is -0.972. The quantitative estimate of drug-likeness (QED) is 0.118. The second-order valence-electron chi connectivity index (χ2n) is 14.6. The van der Waals surface area contributed by atoms with E-state index in [4.69, 9.17) is 15.5 Å². The first-order valence-electron chi connectivity index (χ1n) is 19.1. The number of rotatable bonds is 15. The van der Waals surface area contributed by atoms with Gasteiger partial charge in [-0.25, -0.2) is 0 Å². The van der Waals surface area contributed by atoms with Crippen LogP contribution in [0, 0.1) is 17.8 Å². The molecule has 2 aromatic carbocycles. The monoisotopic (exact) mass is 695 g/mol. The number of ketones is 1. The van der Waals surface area contributed by atoms with Gasteiger partial charge in [0.1, 0.15) is 36.7 Å². The van der Waals surface area contributed by atoms with Gasteiger partial charge in [0.05, 0.1) is 12.3 Å². The molecule has 0 aliphatic carbocycles. The van der Waals surface area contributed by atoms with Gasteiger partial charge in [0.15, 0.2) is 11.5 Å². The number of aliphatic imine (C=N–C) groups is 1. The molecule has 0 spiro atoms. The van der Waals surface area contributed by atoms with E-state index >= 15 is 0 Å². The number of phenols is 1. The lowest BCUT2D eigenvalue weighted by Gasteiger charge is -2.28. The Hall–Kier alpha value is -3.78. The number of aryl methyl sites for hydroxylation is 1. The molecular formula is C42H55N4O5+. The van der Waals surface area contributed by atoms with Crippen molar-refractivity contribution in [2.45, 2.75) is 122 Å². The van der Waals surface area contributed by atoms with Gasteiger partial charge in [0, 0.05) is 37.1 Å². The molecule has 0 radical (unpaired) electrons. The van der Waals surface area contributed by atoms with E-state index < -0.39 is 18.4 Å². The highest BCUT2D eigenvalue weighted by molar-refractivity contribution is 5.87. The Morgan fingerprint density at radius 1 is 1.10 bits per heavy atom. The summed E-state index contributed by atoms with van der Waals surface area (Å²) in [6.45, 7) is 5.73. The van der Waals surface area contributed by atoms with Crippen LogP contribution in [0.25, 0.3) is 0 Å². The van der Waals surface area contributed by atoms with Crippen LogP contribution in [0.5, 0.6) is 11.5 Å². The summed E-state index contributed by atoms with van der Waals surface area (Å²) in [5, 5.41) is 36.6. The molecule has 0 fully saturated rings. The van der Waals surface area contributed by atoms with Gasteiger partial charge in [-0.15, -0.1) is 0 Å². The van der Waals surface area contributed by atoms with E-state index in [0.717, 1.165) is 102 Å². The number of aliphatic hydroxyl groups excluding tert-OH is 2. The number of unbranched alkanes of at least 4 members (excludes halogenated alkanes) is 4. The van der Waals surface area contributed by atoms with Crippen LogP contribution in [-0.2, 0) is 24.1 Å². The Labute approximate surface area is 302 Å². The molecular weight excluding hydrogens is 640 g/mol. The van der Waals surface area contributed by atoms with E-state index in [9.17, 15) is 20.1 Å². The van der Waals surface area contributed by atoms with E-state index in [-0.39, 0.29) is 23.6 Å². The normalized spacial score (nSPS) is 23.3. The van der Waals surface area contributed by atoms with Crippen molar-refractivity contribution in [2.75, 3.05) is 13.1 Å². The number of nitrogens with one attached hydrogen (secondary N) is 2. The Morgan fingerprint density at radius 2 is 1.88 bits per heavy atom. The summed E-state index contributed by atoms with van der Waals surface area (Å²) in [6.07, 6.45) is 11.8. The van der Waals surface area contributed by atoms with Gasteiger partial charge in [0.2, 0.25) is 6.23 Å². The number of carbonyl (C=O) groups is 1. The third-order valence-corrected chi connectivity index (χ3v) is 11.0. The van der Waals surface area contributed by atoms with Crippen molar-refractivity contribution in [3.8, 4) is 23.3 Å². The van der Waals surface area contributed by atoms with E-state index in [2.05, 4.69) is 37.2 Å². The lowest BCUT2D eigenvalue weighted by Crippen LogP contribution is -3.11. The molecule has 0 aromatic heterocycles. The zero-order valence-electron chi connectivity index (χ0n) is 30.2. The molecule has 272 valence electrons. The summed E-state index contributed by atoms with van der Waals surface area (Å²) < 4.78 is 6.54. The molecule has 0 amide bonds. The van der Waals surface area contributed by atoms with Crippen molar-refractivity contribution in [3.05, 3.63) is 81.2 Å². The SMILES string of the molecule is CCCCCC(O)C(CCCCC)C(=O)CCc1ccc(O)c(OC2CC#CC(O)c3ccc4c(c3CC3=C5C[NH+]2C=C5N=C3)CCNC4N)c1. The van der Waals surface area contributed by atoms with Crippen molar-refractivity contribution < 1.29 is 29.8 Å². The number of carbonyl (C=O) groups excluding carboxylic acids is 1. The zero-order valence-corrected chi connectivity index (χ0v) is 30.2. The van der Waals surface area contributed by atoms with E-state index in [0.29, 0.717) is 44.4 Å². The summed E-state index contributed by atoms with van der Waals surface area (Å²) in [6, 6.07) is 9.23. The second kappa shape index (κ2) is 17.2. The highest BCUT2D eigenvalue weighted by Gasteiger charge is 2.36. The molecule has 6 unspecified atom stereocenters. The molecule has 0 saturated carbocycles. The van der Waals surface area contributed by atoms with Crippen molar-refractivity contribution in [1.82, 2.24) is 5.32 Å². The highest BCUT2D eigenvalue weighted by Crippen LogP contribution is 2.35. The van der Waals surface area contributed by atoms with E-state index in [1.807, 2.05) is 30.5 Å². The number of nitrogens with two attached hydrogens (primary N) is 1. The molecule has 4 aliphatic heterocycles. The first-order chi connectivity index (χ1) is 24.8. The number of fused-ring (bicyclic) bond motifs is 4. The minimum absolute atomic E-state index is 0.0174. The maximum Gasteiger partial charge on any atom is 0.247 e. The number of hydrogen-bond donors (Lipinski definition) is 6. The zero-order chi connectivity index (χ0) is 35.9. The third-order valence-electron chi connectivity index (χ3n) is 11.0. The number of ether oxygens (including phenoxy) is 1. The molecule has 4 aliphatic rings. The summed E-state index contributed by atoms with van der Waals surface area (Å²) in [7, 11) is 0. The third kappa shape index (κ3) is 8.65. The number of allylic oxidation sites excluding steroid dienone is 1. The molecule has 6 rings (SSSR count). The number of phenolic OH excluding ortho intramolecular Hbond substituents is 1. The number of benzene rings is 2. The number of nitrogens with zero attached hydrogens (tertiary/aromatic N) is 1. The topological polar surface area (TPSA) is 142 Å². The highest BCUT2D eigenvalue weighted by atomic mass is 16.5. The standard InChI is InChI=1S/C42H54N4O5/c1-3-5-7-10-32(37(48)11-8-6-4-2)38(49)18-14-27-15-19-39(50)40(22-27)51-41-13-9-12-36(47)30-16-17-31-29(20-21-44-42(31)43)33(30)23-28-24-45-35-26-46(41)25-34(28)35/h15-17,19,22,24,26,32,36-37,41-42,44,47-48,50H,3-8,10-11,13-14,18,20-21,23,25,43H2,1-2H3/p+1. The van der Waals surface area contributed by atoms with Crippen LogP contribution in [0.2, 0.25) is 0 Å². The molecule has 9 nitrogen and oxygen atoms in total. The van der Waals surface area contributed by atoms with Gasteiger partial charge < -0.3 is 25.8 Å². The van der Waals surface area contributed by atoms with Crippen LogP contribution < -0.4 is 20.7 Å². The molecule has 0 saturated heterocycles. The fourth-order valence-corrected chi connectivity index (χ4v) is 8.00. The second-order valence-corrected chi connectivity index (χ2v) is 14.6. The van der Waals surface area contributed by atoms with Crippen LogP contribution >= 0.6 is 0 Å². The van der Waals surface area contributed by atoms with Crippen molar-refractivity contribution >= 4 is 12.0 Å².